The number of anilines is 1. The maximum Gasteiger partial charge on any atom is 0.263 e. The molecule has 2 aromatic carbocycles. The van der Waals surface area contributed by atoms with Gasteiger partial charge >= 0.3 is 0 Å². The molecule has 140 valence electrons. The number of rotatable bonds is 5. The standard InChI is InChI=1S/C22H19N3O2S/c23-19-18-16(14-7-3-1-4-8-14)13-17(15-9-5-2-6-10-15)25-22(18)28-20(19)21(27)24-11-12-26/h1-10,13,26H,11-12,23H2,(H,24,27). The Balaban J connectivity index is 1.95. The summed E-state index contributed by atoms with van der Waals surface area (Å²) in [7, 11) is 0. The van der Waals surface area contributed by atoms with Crippen molar-refractivity contribution in [1.29, 1.82) is 0 Å². The lowest BCUT2D eigenvalue weighted by molar-refractivity contribution is 0.0949. The Kier molecular flexibility index (Phi) is 5.06. The third-order valence-corrected chi connectivity index (χ3v) is 5.56. The molecule has 0 spiro atoms. The number of benzene rings is 2. The van der Waals surface area contributed by atoms with Crippen LogP contribution in [0.5, 0.6) is 0 Å². The highest BCUT2D eigenvalue weighted by molar-refractivity contribution is 7.21. The number of nitrogens with two attached hydrogens (primary N) is 1. The Morgan fingerprint density at radius 2 is 1.68 bits per heavy atom. The molecule has 1 amide bonds. The predicted molar refractivity (Wildman–Crippen MR) is 114 cm³/mol. The molecule has 0 atom stereocenters. The second-order valence-corrected chi connectivity index (χ2v) is 7.29. The first-order valence-corrected chi connectivity index (χ1v) is 9.73. The Morgan fingerprint density at radius 3 is 2.32 bits per heavy atom. The maximum atomic E-state index is 12.5. The fourth-order valence-corrected chi connectivity index (χ4v) is 4.18. The van der Waals surface area contributed by atoms with Crippen LogP contribution in [0.2, 0.25) is 0 Å². The molecule has 0 aliphatic heterocycles. The first-order chi connectivity index (χ1) is 13.7. The van der Waals surface area contributed by atoms with E-state index in [4.69, 9.17) is 15.8 Å². The van der Waals surface area contributed by atoms with Crippen LogP contribution in [0.4, 0.5) is 5.69 Å². The highest BCUT2D eigenvalue weighted by Gasteiger charge is 2.21. The van der Waals surface area contributed by atoms with E-state index in [2.05, 4.69) is 5.32 Å². The highest BCUT2D eigenvalue weighted by Crippen LogP contribution is 2.41. The number of nitrogen functional groups attached to an aromatic ring is 1. The molecule has 4 rings (SSSR count). The van der Waals surface area contributed by atoms with Crippen LogP contribution in [0.3, 0.4) is 0 Å². The van der Waals surface area contributed by atoms with Crippen LogP contribution in [-0.4, -0.2) is 29.1 Å². The van der Waals surface area contributed by atoms with Gasteiger partial charge in [-0.25, -0.2) is 4.98 Å². The van der Waals surface area contributed by atoms with E-state index >= 15 is 0 Å². The van der Waals surface area contributed by atoms with Crippen LogP contribution in [-0.2, 0) is 0 Å². The summed E-state index contributed by atoms with van der Waals surface area (Å²) in [5.74, 6) is -0.296. The van der Waals surface area contributed by atoms with Gasteiger partial charge in [0.15, 0.2) is 0 Å². The second kappa shape index (κ2) is 7.80. The molecule has 0 saturated heterocycles. The number of nitrogens with one attached hydrogen (secondary N) is 1. The molecular formula is C22H19N3O2S. The number of fused-ring (bicyclic) bond motifs is 1. The molecule has 0 aliphatic rings. The molecule has 6 heteroatoms. The normalized spacial score (nSPS) is 10.9. The van der Waals surface area contributed by atoms with Gasteiger partial charge in [0.25, 0.3) is 5.91 Å². The first kappa shape index (κ1) is 18.2. The van der Waals surface area contributed by atoms with Gasteiger partial charge in [0, 0.05) is 17.5 Å². The molecule has 2 aromatic heterocycles. The Bertz CT molecular complexity index is 1120. The van der Waals surface area contributed by atoms with Crippen molar-refractivity contribution in [2.24, 2.45) is 0 Å². The van der Waals surface area contributed by atoms with E-state index in [-0.39, 0.29) is 19.1 Å². The van der Waals surface area contributed by atoms with Crippen molar-refractivity contribution >= 4 is 33.1 Å². The zero-order valence-corrected chi connectivity index (χ0v) is 15.9. The van der Waals surface area contributed by atoms with Crippen molar-refractivity contribution in [1.82, 2.24) is 10.3 Å². The topological polar surface area (TPSA) is 88.2 Å². The van der Waals surface area contributed by atoms with Gasteiger partial charge in [-0.3, -0.25) is 4.79 Å². The number of carbonyl (C=O) groups is 1. The summed E-state index contributed by atoms with van der Waals surface area (Å²) in [5, 5.41) is 12.4. The summed E-state index contributed by atoms with van der Waals surface area (Å²) in [4.78, 5) is 18.4. The minimum Gasteiger partial charge on any atom is -0.397 e. The van der Waals surface area contributed by atoms with Crippen LogP contribution in [0, 0.1) is 0 Å². The molecule has 4 aromatic rings. The molecule has 0 bridgehead atoms. The van der Waals surface area contributed by atoms with E-state index in [1.165, 1.54) is 11.3 Å². The Labute approximate surface area is 166 Å². The van der Waals surface area contributed by atoms with Gasteiger partial charge in [0.2, 0.25) is 0 Å². The molecule has 0 saturated carbocycles. The van der Waals surface area contributed by atoms with Crippen molar-refractivity contribution in [2.75, 3.05) is 18.9 Å². The SMILES string of the molecule is Nc1c(C(=O)NCCO)sc2nc(-c3ccccc3)cc(-c3ccccc3)c12. The van der Waals surface area contributed by atoms with Gasteiger partial charge in [-0.1, -0.05) is 60.7 Å². The number of aliphatic hydroxyl groups is 1. The van der Waals surface area contributed by atoms with Crippen molar-refractivity contribution in [2.45, 2.75) is 0 Å². The number of pyridine rings is 1. The molecule has 0 aliphatic carbocycles. The van der Waals surface area contributed by atoms with E-state index in [0.717, 1.165) is 27.8 Å². The van der Waals surface area contributed by atoms with Crippen LogP contribution in [0.15, 0.2) is 66.7 Å². The summed E-state index contributed by atoms with van der Waals surface area (Å²) < 4.78 is 0. The van der Waals surface area contributed by atoms with Crippen molar-refractivity contribution in [3.8, 4) is 22.4 Å². The molecule has 0 unspecified atom stereocenters. The second-order valence-electron chi connectivity index (χ2n) is 6.29. The number of thiophene rings is 1. The van der Waals surface area contributed by atoms with E-state index in [0.29, 0.717) is 15.4 Å². The molecular weight excluding hydrogens is 370 g/mol. The minimum atomic E-state index is -0.296. The monoisotopic (exact) mass is 389 g/mol. The number of hydrogen-bond acceptors (Lipinski definition) is 5. The molecule has 4 N–H and O–H groups in total. The molecule has 0 fully saturated rings. The number of aromatic nitrogens is 1. The zero-order valence-electron chi connectivity index (χ0n) is 15.1. The number of hydrogen-bond donors (Lipinski definition) is 3. The van der Waals surface area contributed by atoms with E-state index < -0.39 is 0 Å². The fraction of sp³-hybridized carbons (Fsp3) is 0.0909. The van der Waals surface area contributed by atoms with Gasteiger partial charge in [-0.15, -0.1) is 11.3 Å². The van der Waals surface area contributed by atoms with Gasteiger partial charge in [-0.05, 0) is 17.2 Å². The van der Waals surface area contributed by atoms with Gasteiger partial charge < -0.3 is 16.2 Å². The smallest absolute Gasteiger partial charge is 0.263 e. The van der Waals surface area contributed by atoms with Gasteiger partial charge in [0.1, 0.15) is 9.71 Å². The lowest BCUT2D eigenvalue weighted by atomic mass is 9.99. The van der Waals surface area contributed by atoms with Crippen LogP contribution in [0.1, 0.15) is 9.67 Å². The number of amides is 1. The molecule has 5 nitrogen and oxygen atoms in total. The van der Waals surface area contributed by atoms with Gasteiger partial charge in [0.05, 0.1) is 18.0 Å². The van der Waals surface area contributed by atoms with E-state index in [1.54, 1.807) is 0 Å². The molecule has 28 heavy (non-hydrogen) atoms. The third-order valence-electron chi connectivity index (χ3n) is 4.46. The number of aliphatic hydroxyl groups excluding tert-OH is 1. The van der Waals surface area contributed by atoms with Crippen LogP contribution >= 0.6 is 11.3 Å². The van der Waals surface area contributed by atoms with Crippen LogP contribution < -0.4 is 11.1 Å². The Morgan fingerprint density at radius 1 is 1.04 bits per heavy atom. The van der Waals surface area contributed by atoms with E-state index in [1.807, 2.05) is 66.7 Å². The largest absolute Gasteiger partial charge is 0.397 e. The summed E-state index contributed by atoms with van der Waals surface area (Å²) in [6.07, 6.45) is 0. The van der Waals surface area contributed by atoms with Crippen molar-refractivity contribution < 1.29 is 9.90 Å². The predicted octanol–water partition coefficient (Wildman–Crippen LogP) is 3.93. The van der Waals surface area contributed by atoms with Crippen molar-refractivity contribution in [3.63, 3.8) is 0 Å². The lowest BCUT2D eigenvalue weighted by Gasteiger charge is -2.09. The van der Waals surface area contributed by atoms with E-state index in [9.17, 15) is 4.79 Å². The summed E-state index contributed by atoms with van der Waals surface area (Å²) in [6, 6.07) is 21.9. The number of carbonyl (C=O) groups excluding carboxylic acids is 1. The minimum absolute atomic E-state index is 0.123. The summed E-state index contributed by atoms with van der Waals surface area (Å²) in [5.41, 5.74) is 10.6. The maximum absolute atomic E-state index is 12.5. The van der Waals surface area contributed by atoms with Crippen molar-refractivity contribution in [3.05, 3.63) is 71.6 Å². The Hall–Kier alpha value is -3.22. The average Bonchev–Trinajstić information content (AvgIpc) is 3.09. The van der Waals surface area contributed by atoms with Gasteiger partial charge in [-0.2, -0.15) is 0 Å². The summed E-state index contributed by atoms with van der Waals surface area (Å²) in [6.45, 7) is 0.0585. The lowest BCUT2D eigenvalue weighted by Crippen LogP contribution is -2.26. The zero-order chi connectivity index (χ0) is 19.5. The molecule has 0 radical (unpaired) electrons. The number of nitrogens with zero attached hydrogens (tertiary/aromatic N) is 1. The highest BCUT2D eigenvalue weighted by atomic mass is 32.1. The third kappa shape index (κ3) is 3.35. The van der Waals surface area contributed by atoms with Crippen LogP contribution in [0.25, 0.3) is 32.6 Å². The quantitative estimate of drug-likeness (QED) is 0.482. The average molecular weight is 389 g/mol. The molecule has 2 heterocycles. The first-order valence-electron chi connectivity index (χ1n) is 8.92. The summed E-state index contributed by atoms with van der Waals surface area (Å²) >= 11 is 1.27. The fourth-order valence-electron chi connectivity index (χ4n) is 3.14.